The zero-order valence-corrected chi connectivity index (χ0v) is 12.2. The van der Waals surface area contributed by atoms with Crippen LogP contribution in [0.3, 0.4) is 0 Å². The molecule has 1 atom stereocenters. The fourth-order valence-electron chi connectivity index (χ4n) is 2.16. The number of benzene rings is 1. The number of amides is 1. The first kappa shape index (κ1) is 15.5. The number of ether oxygens (including phenoxy) is 1. The summed E-state index contributed by atoms with van der Waals surface area (Å²) in [4.78, 5) is 10.9. The maximum Gasteiger partial charge on any atom is 0.407 e. The molecule has 0 radical (unpaired) electrons. The molecule has 1 aromatic rings. The smallest absolute Gasteiger partial charge is 0.407 e. The third-order valence-corrected chi connectivity index (χ3v) is 5.17. The maximum absolute atomic E-state index is 13.2. The molecule has 1 amide bonds. The van der Waals surface area contributed by atoms with Crippen molar-refractivity contribution >= 4 is 21.8 Å². The van der Waals surface area contributed by atoms with Crippen LogP contribution in [-0.4, -0.2) is 45.1 Å². The average molecular weight is 317 g/mol. The predicted octanol–water partition coefficient (Wildman–Crippen LogP) is 0.527. The number of alkyl carbamates (subject to hydrolysis) is 1. The van der Waals surface area contributed by atoms with Crippen LogP contribution in [0.25, 0.3) is 0 Å². The first-order valence-corrected chi connectivity index (χ1v) is 7.68. The molecule has 1 unspecified atom stereocenters. The third kappa shape index (κ3) is 3.24. The number of methoxy groups -OCH3 is 1. The van der Waals surface area contributed by atoms with Crippen molar-refractivity contribution in [2.45, 2.75) is 17.4 Å². The van der Waals surface area contributed by atoms with E-state index in [1.54, 1.807) is 0 Å². The molecule has 0 aromatic heterocycles. The lowest BCUT2D eigenvalue weighted by molar-refractivity contribution is 0.167. The minimum Gasteiger partial charge on any atom is -0.453 e. The van der Waals surface area contributed by atoms with Crippen molar-refractivity contribution in [1.29, 1.82) is 0 Å². The van der Waals surface area contributed by atoms with Crippen molar-refractivity contribution in [2.24, 2.45) is 0 Å². The summed E-state index contributed by atoms with van der Waals surface area (Å²) in [7, 11) is -2.66. The van der Waals surface area contributed by atoms with Crippen molar-refractivity contribution < 1.29 is 22.3 Å². The number of rotatable bonds is 3. The molecule has 3 N–H and O–H groups in total. The fourth-order valence-corrected chi connectivity index (χ4v) is 3.79. The van der Waals surface area contributed by atoms with Crippen molar-refractivity contribution in [2.75, 3.05) is 25.9 Å². The van der Waals surface area contributed by atoms with E-state index in [4.69, 9.17) is 5.73 Å². The summed E-state index contributed by atoms with van der Waals surface area (Å²) in [6.45, 7) is 0.306. The van der Waals surface area contributed by atoms with Crippen LogP contribution in [0.5, 0.6) is 0 Å². The van der Waals surface area contributed by atoms with Gasteiger partial charge in [0.25, 0.3) is 0 Å². The number of nitrogens with two attached hydrogens (primary N) is 1. The van der Waals surface area contributed by atoms with Crippen molar-refractivity contribution in [3.05, 3.63) is 24.0 Å². The lowest BCUT2D eigenvalue weighted by Gasteiger charge is -2.18. The average Bonchev–Trinajstić information content (AvgIpc) is 2.90. The van der Waals surface area contributed by atoms with Crippen LogP contribution < -0.4 is 11.1 Å². The van der Waals surface area contributed by atoms with Gasteiger partial charge in [0.05, 0.1) is 12.8 Å². The van der Waals surface area contributed by atoms with E-state index >= 15 is 0 Å². The van der Waals surface area contributed by atoms with Gasteiger partial charge in [-0.15, -0.1) is 0 Å². The molecule has 0 bridgehead atoms. The summed E-state index contributed by atoms with van der Waals surface area (Å²) in [6.07, 6.45) is -0.173. The number of nitrogens with one attached hydrogen (secondary N) is 1. The Kier molecular flexibility index (Phi) is 4.33. The van der Waals surface area contributed by atoms with E-state index in [1.807, 2.05) is 0 Å². The summed E-state index contributed by atoms with van der Waals surface area (Å²) in [5.74, 6) is -0.675. The van der Waals surface area contributed by atoms with E-state index in [9.17, 15) is 17.6 Å². The first-order chi connectivity index (χ1) is 9.84. The Labute approximate surface area is 121 Å². The highest BCUT2D eigenvalue weighted by atomic mass is 32.2. The first-order valence-electron chi connectivity index (χ1n) is 6.24. The minimum atomic E-state index is -3.89. The quantitative estimate of drug-likeness (QED) is 0.792. The Bertz CT molecular complexity index is 650. The van der Waals surface area contributed by atoms with Crippen LogP contribution >= 0.6 is 0 Å². The molecular formula is C12H16FN3O4S. The zero-order valence-electron chi connectivity index (χ0n) is 11.4. The van der Waals surface area contributed by atoms with Gasteiger partial charge in [0.15, 0.2) is 0 Å². The number of nitrogens with zero attached hydrogens (tertiary/aromatic N) is 1. The Morgan fingerprint density at radius 2 is 2.24 bits per heavy atom. The highest BCUT2D eigenvalue weighted by molar-refractivity contribution is 7.89. The maximum atomic E-state index is 13.2. The van der Waals surface area contributed by atoms with Gasteiger partial charge in [-0.3, -0.25) is 0 Å². The lowest BCUT2D eigenvalue weighted by atomic mass is 10.3. The van der Waals surface area contributed by atoms with Gasteiger partial charge in [-0.25, -0.2) is 17.6 Å². The molecule has 2 rings (SSSR count). The molecule has 1 saturated heterocycles. The molecule has 7 nitrogen and oxygen atoms in total. The van der Waals surface area contributed by atoms with Gasteiger partial charge < -0.3 is 15.8 Å². The molecule has 1 aromatic carbocycles. The monoisotopic (exact) mass is 317 g/mol. The van der Waals surface area contributed by atoms with Crippen molar-refractivity contribution in [3.8, 4) is 0 Å². The van der Waals surface area contributed by atoms with Gasteiger partial charge >= 0.3 is 6.09 Å². The number of carbonyl (C=O) groups excluding carboxylic acids is 1. The number of nitrogen functional groups attached to an aromatic ring is 1. The van der Waals surface area contributed by atoms with Crippen LogP contribution in [0.4, 0.5) is 14.9 Å². The normalized spacial score (nSPS) is 19.4. The van der Waals surface area contributed by atoms with Gasteiger partial charge in [0, 0.05) is 19.1 Å². The topological polar surface area (TPSA) is 102 Å². The molecule has 1 aliphatic rings. The van der Waals surface area contributed by atoms with Crippen LogP contribution in [0.15, 0.2) is 23.1 Å². The highest BCUT2D eigenvalue weighted by Crippen LogP contribution is 2.26. The number of sulfonamides is 1. The second-order valence-electron chi connectivity index (χ2n) is 4.67. The number of hydrogen-bond acceptors (Lipinski definition) is 5. The Hall–Kier alpha value is -1.87. The molecule has 1 aliphatic heterocycles. The largest absolute Gasteiger partial charge is 0.453 e. The van der Waals surface area contributed by atoms with Crippen LogP contribution in [0, 0.1) is 5.82 Å². The Balaban J connectivity index is 2.18. The molecule has 9 heteroatoms. The Morgan fingerprint density at radius 1 is 1.52 bits per heavy atom. The standard InChI is InChI=1S/C12H16FN3O4S/c1-20-12(17)15-9-4-5-16(7-9)21(18,19)11-6-8(13)2-3-10(11)14/h2-3,6,9H,4-5,7,14H2,1H3,(H,15,17). The van der Waals surface area contributed by atoms with E-state index in [2.05, 4.69) is 10.1 Å². The summed E-state index contributed by atoms with van der Waals surface area (Å²) in [6, 6.07) is 2.86. The second-order valence-corrected chi connectivity index (χ2v) is 6.57. The molecule has 21 heavy (non-hydrogen) atoms. The van der Waals surface area contributed by atoms with E-state index < -0.39 is 21.9 Å². The molecule has 1 heterocycles. The van der Waals surface area contributed by atoms with Crippen molar-refractivity contribution in [3.63, 3.8) is 0 Å². The van der Waals surface area contributed by atoms with Crippen LogP contribution in [0.1, 0.15) is 6.42 Å². The van der Waals surface area contributed by atoms with Gasteiger partial charge in [0.1, 0.15) is 10.7 Å². The predicted molar refractivity (Wildman–Crippen MR) is 73.5 cm³/mol. The van der Waals surface area contributed by atoms with Crippen LogP contribution in [0.2, 0.25) is 0 Å². The van der Waals surface area contributed by atoms with Gasteiger partial charge in [-0.1, -0.05) is 0 Å². The molecule has 1 fully saturated rings. The number of anilines is 1. The van der Waals surface area contributed by atoms with E-state index in [1.165, 1.54) is 17.5 Å². The lowest BCUT2D eigenvalue weighted by Crippen LogP contribution is -2.38. The summed E-state index contributed by atoms with van der Waals surface area (Å²) < 4.78 is 43.8. The van der Waals surface area contributed by atoms with E-state index in [0.717, 1.165) is 12.1 Å². The number of hydrogen-bond donors (Lipinski definition) is 2. The molecule has 0 spiro atoms. The number of carbonyl (C=O) groups is 1. The van der Waals surface area contributed by atoms with Gasteiger partial charge in [-0.2, -0.15) is 4.31 Å². The molecule has 0 aliphatic carbocycles. The second kappa shape index (κ2) is 5.86. The van der Waals surface area contributed by atoms with E-state index in [-0.39, 0.29) is 29.7 Å². The molecular weight excluding hydrogens is 301 g/mol. The summed E-state index contributed by atoms with van der Waals surface area (Å²) in [5.41, 5.74) is 5.60. The fraction of sp³-hybridized carbons (Fsp3) is 0.417. The highest BCUT2D eigenvalue weighted by Gasteiger charge is 2.34. The SMILES string of the molecule is COC(=O)NC1CCN(S(=O)(=O)c2cc(F)ccc2N)C1. The van der Waals surface area contributed by atoms with Crippen LogP contribution in [-0.2, 0) is 14.8 Å². The van der Waals surface area contributed by atoms with Crippen molar-refractivity contribution in [1.82, 2.24) is 9.62 Å². The summed E-state index contributed by atoms with van der Waals surface area (Å²) >= 11 is 0. The summed E-state index contributed by atoms with van der Waals surface area (Å²) in [5, 5.41) is 2.54. The molecule has 0 saturated carbocycles. The number of halogens is 1. The zero-order chi connectivity index (χ0) is 15.6. The van der Waals surface area contributed by atoms with Gasteiger partial charge in [-0.05, 0) is 24.6 Å². The molecule has 116 valence electrons. The minimum absolute atomic E-state index is 0.0132. The Morgan fingerprint density at radius 3 is 2.90 bits per heavy atom. The van der Waals surface area contributed by atoms with E-state index in [0.29, 0.717) is 6.42 Å². The third-order valence-electron chi connectivity index (χ3n) is 3.25. The van der Waals surface area contributed by atoms with Gasteiger partial charge in [0.2, 0.25) is 10.0 Å².